The average molecular weight is 585 g/mol. The van der Waals surface area contributed by atoms with Crippen molar-refractivity contribution in [1.29, 1.82) is 0 Å². The second-order valence-electron chi connectivity index (χ2n) is 10.7. The molecule has 3 N–H and O–H groups in total. The Morgan fingerprint density at radius 3 is 1.62 bits per heavy atom. The Labute approximate surface area is 245 Å². The monoisotopic (exact) mass is 584 g/mol. The molecule has 3 saturated heterocycles. The largest absolute Gasteiger partial charge is 0.342 e. The van der Waals surface area contributed by atoms with Crippen molar-refractivity contribution < 1.29 is 28.8 Å². The molecule has 0 bridgehead atoms. The van der Waals surface area contributed by atoms with E-state index in [0.29, 0.717) is 65.4 Å². The number of hydrogen-bond acceptors (Lipinski definition) is 7. The van der Waals surface area contributed by atoms with Gasteiger partial charge in [0.25, 0.3) is 0 Å². The molecule has 0 atom stereocenters. The molecule has 14 heteroatoms. The number of amides is 7. The molecule has 14 nitrogen and oxygen atoms in total. The van der Waals surface area contributed by atoms with Crippen LogP contribution in [0.25, 0.3) is 0 Å². The van der Waals surface area contributed by atoms with Crippen molar-refractivity contribution in [2.24, 2.45) is 5.73 Å². The second-order valence-corrected chi connectivity index (χ2v) is 10.7. The fraction of sp³-hybridized carbons (Fsp3) is 0.571. The SMILES string of the molecule is NCc1ccc(CNC(=O)N2CCN(C(=O)CN3CCC(=O)N(CC(=O)N4CCN(C=O)CC4)CCC3=O)CC2)cc1. The van der Waals surface area contributed by atoms with Crippen LogP contribution in [0.3, 0.4) is 0 Å². The maximum absolute atomic E-state index is 13.0. The van der Waals surface area contributed by atoms with Crippen LogP contribution in [0.4, 0.5) is 4.79 Å². The van der Waals surface area contributed by atoms with Crippen molar-refractivity contribution in [3.63, 3.8) is 0 Å². The first-order chi connectivity index (χ1) is 20.3. The molecule has 3 fully saturated rings. The first-order valence-electron chi connectivity index (χ1n) is 14.4. The molecule has 42 heavy (non-hydrogen) atoms. The first-order valence-corrected chi connectivity index (χ1v) is 14.4. The van der Waals surface area contributed by atoms with Gasteiger partial charge in [0, 0.05) is 91.4 Å². The molecule has 3 aliphatic rings. The number of carbonyl (C=O) groups excluding carboxylic acids is 6. The normalized spacial score (nSPS) is 18.5. The van der Waals surface area contributed by atoms with E-state index in [2.05, 4.69) is 5.32 Å². The zero-order valence-electron chi connectivity index (χ0n) is 23.9. The molecule has 7 amide bonds. The van der Waals surface area contributed by atoms with Crippen molar-refractivity contribution in [2.45, 2.75) is 25.9 Å². The van der Waals surface area contributed by atoms with Crippen LogP contribution in [0.5, 0.6) is 0 Å². The molecule has 0 radical (unpaired) electrons. The summed E-state index contributed by atoms with van der Waals surface area (Å²) in [5.41, 5.74) is 7.61. The van der Waals surface area contributed by atoms with E-state index in [4.69, 9.17) is 5.73 Å². The Morgan fingerprint density at radius 2 is 1.14 bits per heavy atom. The number of urea groups is 1. The fourth-order valence-electron chi connectivity index (χ4n) is 5.21. The van der Waals surface area contributed by atoms with Gasteiger partial charge in [-0.15, -0.1) is 0 Å². The molecule has 1 aromatic carbocycles. The molecule has 3 heterocycles. The lowest BCUT2D eigenvalue weighted by atomic mass is 10.1. The minimum Gasteiger partial charge on any atom is -0.342 e. The van der Waals surface area contributed by atoms with Gasteiger partial charge in [0.05, 0.1) is 13.1 Å². The number of nitrogens with zero attached hydrogens (tertiary/aromatic N) is 6. The molecular formula is C28H40N8O6. The molecule has 0 saturated carbocycles. The zero-order chi connectivity index (χ0) is 30.1. The number of benzene rings is 1. The lowest BCUT2D eigenvalue weighted by molar-refractivity contribution is -0.147. The van der Waals surface area contributed by atoms with E-state index in [9.17, 15) is 28.8 Å². The van der Waals surface area contributed by atoms with Crippen LogP contribution in [0, 0.1) is 0 Å². The summed E-state index contributed by atoms with van der Waals surface area (Å²) in [4.78, 5) is 84.2. The van der Waals surface area contributed by atoms with Crippen LogP contribution in [0.1, 0.15) is 24.0 Å². The minimum atomic E-state index is -0.245. The van der Waals surface area contributed by atoms with E-state index in [1.807, 2.05) is 24.3 Å². The number of piperazine rings is 2. The number of hydrogen-bond donors (Lipinski definition) is 2. The summed E-state index contributed by atoms with van der Waals surface area (Å²) in [6.07, 6.45) is 0.805. The van der Waals surface area contributed by atoms with E-state index in [-0.39, 0.29) is 68.7 Å². The van der Waals surface area contributed by atoms with Gasteiger partial charge >= 0.3 is 6.03 Å². The van der Waals surface area contributed by atoms with Crippen molar-refractivity contribution in [2.75, 3.05) is 78.5 Å². The molecule has 4 rings (SSSR count). The molecule has 0 spiro atoms. The average Bonchev–Trinajstić information content (AvgIpc) is 3.03. The highest BCUT2D eigenvalue weighted by Crippen LogP contribution is 2.11. The van der Waals surface area contributed by atoms with E-state index in [1.54, 1.807) is 19.6 Å². The number of carbonyl (C=O) groups is 6. The third kappa shape index (κ3) is 8.18. The van der Waals surface area contributed by atoms with Gasteiger partial charge in [-0.05, 0) is 11.1 Å². The highest BCUT2D eigenvalue weighted by molar-refractivity contribution is 5.89. The summed E-state index contributed by atoms with van der Waals surface area (Å²) in [6.45, 7) is 4.03. The van der Waals surface area contributed by atoms with Gasteiger partial charge < -0.3 is 40.4 Å². The molecule has 0 unspecified atom stereocenters. The zero-order valence-corrected chi connectivity index (χ0v) is 23.9. The molecule has 3 aliphatic heterocycles. The maximum Gasteiger partial charge on any atom is 0.317 e. The van der Waals surface area contributed by atoms with Gasteiger partial charge in [0.15, 0.2) is 0 Å². The quantitative estimate of drug-likeness (QED) is 0.343. The van der Waals surface area contributed by atoms with E-state index in [1.165, 1.54) is 9.80 Å². The molecule has 0 aliphatic carbocycles. The Balaban J connectivity index is 1.18. The van der Waals surface area contributed by atoms with Gasteiger partial charge in [-0.3, -0.25) is 24.0 Å². The molecule has 1 aromatic rings. The number of nitrogens with one attached hydrogen (secondary N) is 1. The van der Waals surface area contributed by atoms with Gasteiger partial charge in [-0.25, -0.2) is 4.79 Å². The Hall–Kier alpha value is -4.20. The van der Waals surface area contributed by atoms with Crippen LogP contribution in [-0.4, -0.2) is 144 Å². The van der Waals surface area contributed by atoms with Gasteiger partial charge in [0.1, 0.15) is 0 Å². The van der Waals surface area contributed by atoms with Crippen molar-refractivity contribution >= 4 is 36.1 Å². The summed E-state index contributed by atoms with van der Waals surface area (Å²) in [5.74, 6) is -0.916. The smallest absolute Gasteiger partial charge is 0.317 e. The highest BCUT2D eigenvalue weighted by Gasteiger charge is 2.30. The predicted octanol–water partition coefficient (Wildman–Crippen LogP) is -1.75. The van der Waals surface area contributed by atoms with Gasteiger partial charge in [0.2, 0.25) is 30.0 Å². The fourth-order valence-corrected chi connectivity index (χ4v) is 5.21. The van der Waals surface area contributed by atoms with E-state index >= 15 is 0 Å². The topological polar surface area (TPSA) is 160 Å². The van der Waals surface area contributed by atoms with Crippen LogP contribution in [0.15, 0.2) is 24.3 Å². The summed E-state index contributed by atoms with van der Waals surface area (Å²) >= 11 is 0. The number of rotatable bonds is 8. The minimum absolute atomic E-state index is 0.0219. The summed E-state index contributed by atoms with van der Waals surface area (Å²) < 4.78 is 0. The van der Waals surface area contributed by atoms with Crippen molar-refractivity contribution in [3.8, 4) is 0 Å². The van der Waals surface area contributed by atoms with Crippen LogP contribution < -0.4 is 11.1 Å². The second kappa shape index (κ2) is 14.6. The summed E-state index contributed by atoms with van der Waals surface area (Å²) in [5, 5.41) is 2.90. The van der Waals surface area contributed by atoms with Crippen LogP contribution in [-0.2, 0) is 37.1 Å². The van der Waals surface area contributed by atoms with Gasteiger partial charge in [-0.2, -0.15) is 0 Å². The Morgan fingerprint density at radius 1 is 0.690 bits per heavy atom. The molecule has 0 aromatic heterocycles. The van der Waals surface area contributed by atoms with Crippen LogP contribution in [0.2, 0.25) is 0 Å². The summed E-state index contributed by atoms with van der Waals surface area (Å²) in [7, 11) is 0. The van der Waals surface area contributed by atoms with Gasteiger partial charge in [-0.1, -0.05) is 24.3 Å². The first kappa shape index (κ1) is 30.8. The third-order valence-corrected chi connectivity index (χ3v) is 7.99. The lowest BCUT2D eigenvalue weighted by Gasteiger charge is -2.36. The van der Waals surface area contributed by atoms with Crippen molar-refractivity contribution in [1.82, 2.24) is 34.7 Å². The lowest BCUT2D eigenvalue weighted by Crippen LogP contribution is -2.55. The van der Waals surface area contributed by atoms with Crippen molar-refractivity contribution in [3.05, 3.63) is 35.4 Å². The van der Waals surface area contributed by atoms with Crippen LogP contribution >= 0.6 is 0 Å². The highest BCUT2D eigenvalue weighted by atomic mass is 16.2. The Bertz CT molecular complexity index is 1150. The molecule has 228 valence electrons. The standard InChI is InChI=1S/C28H40N8O6/c29-17-22-1-3-23(4-2-22)18-30-28(42)34-15-13-33(14-16-34)27(41)20-36-8-6-24(38)35(7-5-25(36)39)19-26(40)32-11-9-31(21-37)10-12-32/h1-4,21H,5-20,29H2,(H,30,42). The Kier molecular flexibility index (Phi) is 10.7. The summed E-state index contributed by atoms with van der Waals surface area (Å²) in [6, 6.07) is 7.51. The number of nitrogens with two attached hydrogens (primary N) is 1. The third-order valence-electron chi connectivity index (χ3n) is 7.99. The predicted molar refractivity (Wildman–Crippen MR) is 151 cm³/mol. The van der Waals surface area contributed by atoms with E-state index < -0.39 is 0 Å². The van der Waals surface area contributed by atoms with E-state index in [0.717, 1.165) is 17.5 Å². The maximum atomic E-state index is 13.0. The molecular weight excluding hydrogens is 544 g/mol.